The molecule has 1 saturated heterocycles. The maximum atomic E-state index is 12.3. The number of hydrogen-bond donors (Lipinski definition) is 4. The van der Waals surface area contributed by atoms with E-state index in [4.69, 9.17) is 10.3 Å². The van der Waals surface area contributed by atoms with E-state index in [2.05, 4.69) is 30.3 Å². The maximum absolute atomic E-state index is 12.3. The predicted molar refractivity (Wildman–Crippen MR) is 96.1 cm³/mol. The van der Waals surface area contributed by atoms with Gasteiger partial charge in [-0.05, 0) is 5.53 Å². The number of hydrogen-bond acceptors (Lipinski definition) is 8. The van der Waals surface area contributed by atoms with Crippen molar-refractivity contribution in [1.82, 2.24) is 19.5 Å². The zero-order valence-electron chi connectivity index (χ0n) is 15.2. The minimum Gasteiger partial charge on any atom is -0.396 e. The van der Waals surface area contributed by atoms with E-state index in [-0.39, 0.29) is 35.5 Å². The van der Waals surface area contributed by atoms with Crippen molar-refractivity contribution in [1.29, 1.82) is 0 Å². The van der Waals surface area contributed by atoms with Crippen molar-refractivity contribution in [3.63, 3.8) is 0 Å². The van der Waals surface area contributed by atoms with Gasteiger partial charge in [0.15, 0.2) is 11.2 Å². The Bertz CT molecular complexity index is 978. The molecule has 1 amide bonds. The van der Waals surface area contributed by atoms with E-state index < -0.39 is 36.5 Å². The highest BCUT2D eigenvalue weighted by Crippen LogP contribution is 2.37. The molecule has 150 valence electrons. The number of aliphatic hydroxyl groups excluding tert-OH is 2. The summed E-state index contributed by atoms with van der Waals surface area (Å²) in [7, 11) is 0. The smallest absolute Gasteiger partial charge is 0.280 e. The maximum Gasteiger partial charge on any atom is 0.280 e. The van der Waals surface area contributed by atoms with Crippen LogP contribution in [0.3, 0.4) is 0 Å². The van der Waals surface area contributed by atoms with Crippen molar-refractivity contribution >= 4 is 23.0 Å². The Morgan fingerprint density at radius 2 is 2.25 bits per heavy atom. The first-order valence-corrected chi connectivity index (χ1v) is 8.60. The number of aromatic amines is 1. The summed E-state index contributed by atoms with van der Waals surface area (Å²) in [4.78, 5) is 37.7. The summed E-state index contributed by atoms with van der Waals surface area (Å²) >= 11 is 0. The molecule has 0 saturated carbocycles. The van der Waals surface area contributed by atoms with Gasteiger partial charge in [-0.25, -0.2) is 4.98 Å². The fourth-order valence-electron chi connectivity index (χ4n) is 3.06. The van der Waals surface area contributed by atoms with Crippen molar-refractivity contribution in [3.8, 4) is 0 Å². The van der Waals surface area contributed by atoms with Gasteiger partial charge in [0.2, 0.25) is 11.9 Å². The summed E-state index contributed by atoms with van der Waals surface area (Å²) in [5.41, 5.74) is 8.41. The van der Waals surface area contributed by atoms with Crippen LogP contribution in [-0.4, -0.2) is 61.0 Å². The average Bonchev–Trinajstić information content (AvgIpc) is 3.23. The molecule has 4 unspecified atom stereocenters. The fourth-order valence-corrected chi connectivity index (χ4v) is 3.06. The van der Waals surface area contributed by atoms with Gasteiger partial charge in [-0.3, -0.25) is 24.5 Å². The lowest BCUT2D eigenvalue weighted by Crippen LogP contribution is -2.29. The summed E-state index contributed by atoms with van der Waals surface area (Å²) in [5.74, 6) is -1.37. The lowest BCUT2D eigenvalue weighted by Gasteiger charge is -2.18. The number of anilines is 1. The Morgan fingerprint density at radius 1 is 1.50 bits per heavy atom. The van der Waals surface area contributed by atoms with Gasteiger partial charge in [0.25, 0.3) is 5.56 Å². The van der Waals surface area contributed by atoms with Gasteiger partial charge >= 0.3 is 0 Å². The molecule has 2 aromatic heterocycles. The van der Waals surface area contributed by atoms with Crippen LogP contribution in [0.4, 0.5) is 5.95 Å². The van der Waals surface area contributed by atoms with Crippen molar-refractivity contribution in [2.24, 2.45) is 17.0 Å². The number of rotatable bonds is 6. The summed E-state index contributed by atoms with van der Waals surface area (Å²) < 4.78 is 7.12. The number of amides is 1. The van der Waals surface area contributed by atoms with Crippen LogP contribution in [0.15, 0.2) is 16.2 Å². The second kappa shape index (κ2) is 7.94. The number of carbonyl (C=O) groups excluding carboxylic acids is 1. The third-order valence-electron chi connectivity index (χ3n) is 4.57. The van der Waals surface area contributed by atoms with Crippen LogP contribution in [0.2, 0.25) is 0 Å². The summed E-state index contributed by atoms with van der Waals surface area (Å²) in [6.07, 6.45) is -0.428. The van der Waals surface area contributed by atoms with Gasteiger partial charge in [0.05, 0.1) is 25.1 Å². The van der Waals surface area contributed by atoms with Gasteiger partial charge in [-0.1, -0.05) is 19.0 Å². The highest BCUT2D eigenvalue weighted by molar-refractivity contribution is 5.91. The number of carbonyl (C=O) groups is 1. The third kappa shape index (κ3) is 3.43. The van der Waals surface area contributed by atoms with E-state index in [1.54, 1.807) is 13.8 Å². The minimum atomic E-state index is -0.946. The third-order valence-corrected chi connectivity index (χ3v) is 4.57. The summed E-state index contributed by atoms with van der Waals surface area (Å²) in [6, 6.07) is -0.862. The zero-order valence-corrected chi connectivity index (χ0v) is 15.2. The van der Waals surface area contributed by atoms with Gasteiger partial charge < -0.3 is 14.9 Å². The second-order valence-corrected chi connectivity index (χ2v) is 6.67. The first-order chi connectivity index (χ1) is 13.4. The molecule has 0 radical (unpaired) electrons. The summed E-state index contributed by atoms with van der Waals surface area (Å²) in [6.45, 7) is 2.62. The fraction of sp³-hybridized carbons (Fsp3) is 0.600. The number of nitrogens with one attached hydrogen (secondary N) is 2. The molecular weight excluding hydrogens is 372 g/mol. The highest BCUT2D eigenvalue weighted by Gasteiger charge is 2.45. The quantitative estimate of drug-likeness (QED) is 0.299. The zero-order chi connectivity index (χ0) is 20.4. The molecule has 3 heterocycles. The van der Waals surface area contributed by atoms with Crippen LogP contribution in [0.25, 0.3) is 21.6 Å². The van der Waals surface area contributed by atoms with Crippen molar-refractivity contribution in [2.75, 3.05) is 18.5 Å². The van der Waals surface area contributed by atoms with Gasteiger partial charge in [0.1, 0.15) is 6.23 Å². The lowest BCUT2D eigenvalue weighted by atomic mass is 9.97. The number of fused-ring (bicyclic) bond motifs is 1. The number of aromatic nitrogens is 4. The van der Waals surface area contributed by atoms with E-state index in [0.29, 0.717) is 0 Å². The topological polar surface area (TPSA) is 191 Å². The van der Waals surface area contributed by atoms with E-state index in [1.165, 1.54) is 10.9 Å². The van der Waals surface area contributed by atoms with Crippen LogP contribution in [0, 0.1) is 11.8 Å². The molecule has 1 aliphatic heterocycles. The highest BCUT2D eigenvalue weighted by atomic mass is 16.5. The van der Waals surface area contributed by atoms with Gasteiger partial charge in [0, 0.05) is 23.4 Å². The van der Waals surface area contributed by atoms with Gasteiger partial charge in [-0.2, -0.15) is 4.98 Å². The van der Waals surface area contributed by atoms with Crippen LogP contribution >= 0.6 is 0 Å². The monoisotopic (exact) mass is 392 g/mol. The Morgan fingerprint density at radius 3 is 2.86 bits per heavy atom. The molecule has 0 aliphatic carbocycles. The van der Waals surface area contributed by atoms with Crippen LogP contribution in [-0.2, 0) is 9.53 Å². The van der Waals surface area contributed by atoms with Crippen molar-refractivity contribution in [2.45, 2.75) is 32.2 Å². The van der Waals surface area contributed by atoms with Crippen LogP contribution in [0.1, 0.15) is 20.1 Å². The predicted octanol–water partition coefficient (Wildman–Crippen LogP) is -0.109. The molecule has 0 bridgehead atoms. The number of aliphatic hydroxyl groups is 2. The van der Waals surface area contributed by atoms with Gasteiger partial charge in [-0.15, -0.1) is 0 Å². The Balaban J connectivity index is 2.07. The molecule has 0 spiro atoms. The van der Waals surface area contributed by atoms with E-state index in [0.717, 1.165) is 0 Å². The number of nitrogens with zero attached hydrogens (tertiary/aromatic N) is 6. The molecule has 4 N–H and O–H groups in total. The molecule has 1 fully saturated rings. The molecule has 3 rings (SSSR count). The number of H-pyrrole nitrogens is 1. The summed E-state index contributed by atoms with van der Waals surface area (Å²) in [5, 5.41) is 25.3. The normalized spacial score (nSPS) is 24.5. The Kier molecular flexibility index (Phi) is 5.61. The second-order valence-electron chi connectivity index (χ2n) is 6.67. The van der Waals surface area contributed by atoms with Crippen LogP contribution in [0.5, 0.6) is 0 Å². The number of imidazole rings is 1. The van der Waals surface area contributed by atoms with Crippen LogP contribution < -0.4 is 10.9 Å². The minimum absolute atomic E-state index is 0.00108. The van der Waals surface area contributed by atoms with E-state index >= 15 is 0 Å². The first kappa shape index (κ1) is 19.8. The molecule has 13 heteroatoms. The average molecular weight is 392 g/mol. The SMILES string of the molecule is CC(C)C(=O)Nc1nc2c(ncn2C2OC(CO)C(CO)C2N=[N+]=[N-])c(=O)[nH]1. The van der Waals surface area contributed by atoms with E-state index in [9.17, 15) is 19.8 Å². The first-order valence-electron chi connectivity index (χ1n) is 8.60. The molecule has 2 aromatic rings. The molecule has 28 heavy (non-hydrogen) atoms. The number of ether oxygens (including phenoxy) is 1. The van der Waals surface area contributed by atoms with Crippen molar-refractivity contribution in [3.05, 3.63) is 27.1 Å². The molecule has 0 aromatic carbocycles. The number of azide groups is 1. The standard InChI is InChI=1S/C15H20N8O5/c1-6(2)12(26)19-15-18-11-10(13(27)20-15)17-5-23(11)14-9(21-22-16)7(3-24)8(4-25)28-14/h5-9,14,24-25H,3-4H2,1-2H3,(H2,18,19,20,26,27). The molecule has 1 aliphatic rings. The molecular formula is C15H20N8O5. The lowest BCUT2D eigenvalue weighted by molar-refractivity contribution is -0.118. The molecule has 4 atom stereocenters. The van der Waals surface area contributed by atoms with E-state index in [1.807, 2.05) is 0 Å². The van der Waals surface area contributed by atoms with Crippen molar-refractivity contribution < 1.29 is 19.7 Å². The largest absolute Gasteiger partial charge is 0.396 e. The molecule has 13 nitrogen and oxygen atoms in total. The Hall–Kier alpha value is -2.99. The Labute approximate surface area is 158 Å².